The molecule has 2 rings (SSSR count). The van der Waals surface area contributed by atoms with Crippen molar-refractivity contribution in [3.8, 4) is 5.75 Å². The number of esters is 1. The maximum absolute atomic E-state index is 12.7. The molecule has 0 fully saturated rings. The number of benzene rings is 2. The standard InChI is InChI=1S/C27H37NO5.ClH/c1-27(2,3)33-26(31)24(17-18-28-20-25(29)30)22-13-15-23(16-14-22)32-19-9-5-8-12-21-10-6-4-7-11-21;/h4,6-7,10-11,13-16,24,28H,5,8-9,12,17-20H2,1-3H3,(H,29,30);1H. The van der Waals surface area contributed by atoms with Crippen LogP contribution in [0.2, 0.25) is 0 Å². The van der Waals surface area contributed by atoms with Gasteiger partial charge < -0.3 is 19.9 Å². The second kappa shape index (κ2) is 15.4. The lowest BCUT2D eigenvalue weighted by Gasteiger charge is -2.24. The molecule has 2 aromatic carbocycles. The molecule has 0 radical (unpaired) electrons. The van der Waals surface area contributed by atoms with Gasteiger partial charge in [0.1, 0.15) is 11.4 Å². The van der Waals surface area contributed by atoms with Gasteiger partial charge in [0, 0.05) is 0 Å². The summed E-state index contributed by atoms with van der Waals surface area (Å²) in [5, 5.41) is 11.6. The number of carbonyl (C=O) groups excluding carboxylic acids is 1. The molecule has 7 heteroatoms. The Labute approximate surface area is 209 Å². The Morgan fingerprint density at radius 1 is 0.971 bits per heavy atom. The number of aliphatic carboxylic acids is 1. The van der Waals surface area contributed by atoms with Crippen molar-refractivity contribution in [3.05, 3.63) is 65.7 Å². The molecule has 188 valence electrons. The van der Waals surface area contributed by atoms with E-state index in [1.165, 1.54) is 5.56 Å². The van der Waals surface area contributed by atoms with Crippen LogP contribution >= 0.6 is 12.4 Å². The van der Waals surface area contributed by atoms with E-state index in [9.17, 15) is 9.59 Å². The number of carboxylic acid groups (broad SMARTS) is 1. The summed E-state index contributed by atoms with van der Waals surface area (Å²) >= 11 is 0. The molecule has 0 saturated heterocycles. The Bertz CT molecular complexity index is 850. The van der Waals surface area contributed by atoms with E-state index < -0.39 is 17.5 Å². The number of hydrogen-bond acceptors (Lipinski definition) is 5. The molecule has 0 bridgehead atoms. The highest BCUT2D eigenvalue weighted by atomic mass is 35.5. The maximum Gasteiger partial charge on any atom is 0.317 e. The number of ether oxygens (including phenoxy) is 2. The van der Waals surface area contributed by atoms with Gasteiger partial charge in [0.25, 0.3) is 0 Å². The predicted octanol–water partition coefficient (Wildman–Crippen LogP) is 5.39. The molecular weight excluding hydrogens is 454 g/mol. The van der Waals surface area contributed by atoms with Gasteiger partial charge >= 0.3 is 11.9 Å². The van der Waals surface area contributed by atoms with Crippen molar-refractivity contribution in [1.29, 1.82) is 0 Å². The first-order valence-electron chi connectivity index (χ1n) is 11.7. The predicted molar refractivity (Wildman–Crippen MR) is 137 cm³/mol. The minimum Gasteiger partial charge on any atom is -0.494 e. The summed E-state index contributed by atoms with van der Waals surface area (Å²) in [5.74, 6) is -0.941. The Morgan fingerprint density at radius 2 is 1.65 bits per heavy atom. The number of hydrogen-bond donors (Lipinski definition) is 2. The Balaban J connectivity index is 0.00000578. The fourth-order valence-corrected chi connectivity index (χ4v) is 3.47. The first kappa shape index (κ1) is 29.5. The third-order valence-electron chi connectivity index (χ3n) is 5.08. The highest BCUT2D eigenvalue weighted by Gasteiger charge is 2.26. The molecule has 2 aromatic rings. The smallest absolute Gasteiger partial charge is 0.317 e. The van der Waals surface area contributed by atoms with Gasteiger partial charge in [0.2, 0.25) is 0 Å². The molecule has 0 aromatic heterocycles. The largest absolute Gasteiger partial charge is 0.494 e. The summed E-state index contributed by atoms with van der Waals surface area (Å²) in [4.78, 5) is 23.5. The van der Waals surface area contributed by atoms with Crippen molar-refractivity contribution in [1.82, 2.24) is 5.32 Å². The number of halogens is 1. The summed E-state index contributed by atoms with van der Waals surface area (Å²) in [6.45, 7) is 6.42. The third-order valence-corrected chi connectivity index (χ3v) is 5.08. The van der Waals surface area contributed by atoms with Crippen LogP contribution in [-0.2, 0) is 20.7 Å². The zero-order chi connectivity index (χ0) is 24.1. The normalized spacial score (nSPS) is 11.9. The monoisotopic (exact) mass is 491 g/mol. The molecule has 0 aliphatic heterocycles. The van der Waals surface area contributed by atoms with Crippen molar-refractivity contribution in [2.45, 2.75) is 64.4 Å². The molecular formula is C27H38ClNO5. The van der Waals surface area contributed by atoms with Gasteiger partial charge in [-0.3, -0.25) is 9.59 Å². The molecule has 0 amide bonds. The highest BCUT2D eigenvalue weighted by molar-refractivity contribution is 5.85. The molecule has 0 aliphatic rings. The third kappa shape index (κ3) is 12.1. The lowest BCUT2D eigenvalue weighted by Crippen LogP contribution is -2.30. The average Bonchev–Trinajstić information content (AvgIpc) is 2.76. The molecule has 0 aliphatic carbocycles. The van der Waals surface area contributed by atoms with E-state index in [1.54, 1.807) is 0 Å². The summed E-state index contributed by atoms with van der Waals surface area (Å²) in [7, 11) is 0. The SMILES string of the molecule is CC(C)(C)OC(=O)C(CCNCC(=O)O)c1ccc(OCCCCCc2ccccc2)cc1.Cl. The number of unbranched alkanes of at least 4 members (excludes halogenated alkanes) is 2. The molecule has 1 unspecified atom stereocenters. The molecule has 34 heavy (non-hydrogen) atoms. The summed E-state index contributed by atoms with van der Waals surface area (Å²) in [6, 6.07) is 18.0. The molecule has 0 spiro atoms. The second-order valence-corrected chi connectivity index (χ2v) is 9.16. The number of carboxylic acids is 1. The van der Waals surface area contributed by atoms with Crippen LogP contribution < -0.4 is 10.1 Å². The van der Waals surface area contributed by atoms with Crippen LogP contribution in [0.15, 0.2) is 54.6 Å². The first-order valence-corrected chi connectivity index (χ1v) is 11.7. The quantitative estimate of drug-likeness (QED) is 0.272. The summed E-state index contributed by atoms with van der Waals surface area (Å²) in [5.41, 5.74) is 1.61. The van der Waals surface area contributed by atoms with E-state index in [2.05, 4.69) is 29.6 Å². The van der Waals surface area contributed by atoms with Crippen LogP contribution in [0, 0.1) is 0 Å². The van der Waals surface area contributed by atoms with Gasteiger partial charge in [0.05, 0.1) is 19.1 Å². The summed E-state index contributed by atoms with van der Waals surface area (Å²) < 4.78 is 11.4. The zero-order valence-electron chi connectivity index (χ0n) is 20.4. The number of nitrogens with one attached hydrogen (secondary N) is 1. The first-order chi connectivity index (χ1) is 15.7. The lowest BCUT2D eigenvalue weighted by atomic mass is 9.95. The fraction of sp³-hybridized carbons (Fsp3) is 0.481. The number of rotatable bonds is 14. The van der Waals surface area contributed by atoms with Crippen molar-refractivity contribution in [3.63, 3.8) is 0 Å². The summed E-state index contributed by atoms with van der Waals surface area (Å²) in [6.07, 6.45) is 4.77. The maximum atomic E-state index is 12.7. The van der Waals surface area contributed by atoms with Crippen LogP contribution in [0.3, 0.4) is 0 Å². The van der Waals surface area contributed by atoms with E-state index in [-0.39, 0.29) is 24.9 Å². The van der Waals surface area contributed by atoms with Crippen LogP contribution in [0.25, 0.3) is 0 Å². The number of aryl methyl sites for hydroxylation is 1. The van der Waals surface area contributed by atoms with Gasteiger partial charge in [-0.2, -0.15) is 0 Å². The van der Waals surface area contributed by atoms with Crippen molar-refractivity contribution < 1.29 is 24.2 Å². The number of carbonyl (C=O) groups is 2. The fourth-order valence-electron chi connectivity index (χ4n) is 3.47. The minimum atomic E-state index is -0.926. The van der Waals surface area contributed by atoms with Crippen LogP contribution in [0.1, 0.15) is 63.5 Å². The van der Waals surface area contributed by atoms with Gasteiger partial charge in [0.15, 0.2) is 0 Å². The van der Waals surface area contributed by atoms with Gasteiger partial charge in [-0.15, -0.1) is 12.4 Å². The van der Waals surface area contributed by atoms with Crippen LogP contribution in [0.5, 0.6) is 5.75 Å². The molecule has 2 N–H and O–H groups in total. The average molecular weight is 492 g/mol. The molecule has 6 nitrogen and oxygen atoms in total. The van der Waals surface area contributed by atoms with Crippen molar-refractivity contribution in [2.75, 3.05) is 19.7 Å². The van der Waals surface area contributed by atoms with E-state index >= 15 is 0 Å². The molecule has 0 heterocycles. The van der Waals surface area contributed by atoms with Gasteiger partial charge in [-0.05, 0) is 82.7 Å². The van der Waals surface area contributed by atoms with Crippen LogP contribution in [0.4, 0.5) is 0 Å². The minimum absolute atomic E-state index is 0. The zero-order valence-corrected chi connectivity index (χ0v) is 21.2. The Kier molecular flexibility index (Phi) is 13.3. The second-order valence-electron chi connectivity index (χ2n) is 9.16. The molecule has 0 saturated carbocycles. The highest BCUT2D eigenvalue weighted by Crippen LogP contribution is 2.26. The topological polar surface area (TPSA) is 84.9 Å². The Hall–Kier alpha value is -2.57. The van der Waals surface area contributed by atoms with E-state index in [1.807, 2.05) is 51.1 Å². The van der Waals surface area contributed by atoms with Crippen LogP contribution in [-0.4, -0.2) is 42.3 Å². The van der Waals surface area contributed by atoms with Crippen molar-refractivity contribution in [2.24, 2.45) is 0 Å². The van der Waals surface area contributed by atoms with E-state index in [0.29, 0.717) is 19.6 Å². The van der Waals surface area contributed by atoms with E-state index in [4.69, 9.17) is 14.6 Å². The lowest BCUT2D eigenvalue weighted by molar-refractivity contribution is -0.156. The Morgan fingerprint density at radius 3 is 2.26 bits per heavy atom. The van der Waals surface area contributed by atoms with E-state index in [0.717, 1.165) is 37.0 Å². The van der Waals surface area contributed by atoms with Gasteiger partial charge in [-0.1, -0.05) is 42.5 Å². The van der Waals surface area contributed by atoms with Crippen molar-refractivity contribution >= 4 is 24.3 Å². The van der Waals surface area contributed by atoms with Gasteiger partial charge in [-0.25, -0.2) is 0 Å². The molecule has 1 atom stereocenters.